The Balaban J connectivity index is 1.56. The molecule has 0 amide bonds. The summed E-state index contributed by atoms with van der Waals surface area (Å²) in [4.78, 5) is 0. The van der Waals surface area contributed by atoms with Crippen molar-refractivity contribution in [1.29, 1.82) is 0 Å². The summed E-state index contributed by atoms with van der Waals surface area (Å²) in [6.07, 6.45) is 2.33. The van der Waals surface area contributed by atoms with Gasteiger partial charge in [0.15, 0.2) is 0 Å². The number of nitrogens with one attached hydrogen (secondary N) is 1. The predicted molar refractivity (Wildman–Crippen MR) is 83.8 cm³/mol. The zero-order chi connectivity index (χ0) is 13.9. The van der Waals surface area contributed by atoms with Crippen molar-refractivity contribution in [3.8, 4) is 5.75 Å². The van der Waals surface area contributed by atoms with E-state index in [1.165, 1.54) is 18.4 Å². The SMILES string of the molecule is COc1cccc(NC2CC(c3ccc(Cl)cc3)C2)c1. The number of rotatable bonds is 4. The topological polar surface area (TPSA) is 21.3 Å². The van der Waals surface area contributed by atoms with E-state index >= 15 is 0 Å². The first-order valence-electron chi connectivity index (χ1n) is 6.90. The van der Waals surface area contributed by atoms with Gasteiger partial charge in [0.05, 0.1) is 7.11 Å². The van der Waals surface area contributed by atoms with Crippen LogP contribution in [0.15, 0.2) is 48.5 Å². The first kappa shape index (κ1) is 13.3. The number of hydrogen-bond acceptors (Lipinski definition) is 2. The number of anilines is 1. The molecule has 3 heteroatoms. The van der Waals surface area contributed by atoms with Crippen molar-refractivity contribution in [2.75, 3.05) is 12.4 Å². The van der Waals surface area contributed by atoms with Crippen LogP contribution >= 0.6 is 11.6 Å². The smallest absolute Gasteiger partial charge is 0.120 e. The molecule has 104 valence electrons. The van der Waals surface area contributed by atoms with E-state index < -0.39 is 0 Å². The van der Waals surface area contributed by atoms with Crippen molar-refractivity contribution < 1.29 is 4.74 Å². The molecule has 2 nitrogen and oxygen atoms in total. The third kappa shape index (κ3) is 2.91. The minimum Gasteiger partial charge on any atom is -0.497 e. The molecule has 0 aromatic heterocycles. The Morgan fingerprint density at radius 1 is 1.10 bits per heavy atom. The Bertz CT molecular complexity index is 576. The maximum Gasteiger partial charge on any atom is 0.120 e. The van der Waals surface area contributed by atoms with E-state index in [0.29, 0.717) is 12.0 Å². The maximum atomic E-state index is 5.92. The maximum absolute atomic E-state index is 5.92. The zero-order valence-corrected chi connectivity index (χ0v) is 12.2. The highest BCUT2D eigenvalue weighted by atomic mass is 35.5. The molecular weight excluding hydrogens is 270 g/mol. The van der Waals surface area contributed by atoms with Crippen LogP contribution in [-0.4, -0.2) is 13.2 Å². The first-order chi connectivity index (χ1) is 9.74. The lowest BCUT2D eigenvalue weighted by Gasteiger charge is -2.37. The van der Waals surface area contributed by atoms with E-state index in [1.807, 2.05) is 30.3 Å². The molecule has 1 saturated carbocycles. The third-order valence-corrected chi connectivity index (χ3v) is 4.17. The Hall–Kier alpha value is -1.67. The quantitative estimate of drug-likeness (QED) is 0.879. The molecule has 2 aromatic carbocycles. The standard InChI is InChI=1S/C17H18ClNO/c1-20-17-4-2-3-15(11-17)19-16-9-13(10-16)12-5-7-14(18)8-6-12/h2-8,11,13,16,19H,9-10H2,1H3. The number of hydrogen-bond donors (Lipinski definition) is 1. The van der Waals surface area contributed by atoms with Crippen molar-refractivity contribution in [2.24, 2.45) is 0 Å². The molecule has 1 fully saturated rings. The second-order valence-corrected chi connectivity index (χ2v) is 5.73. The second-order valence-electron chi connectivity index (χ2n) is 5.29. The normalized spacial score (nSPS) is 21.1. The lowest BCUT2D eigenvalue weighted by Crippen LogP contribution is -2.33. The van der Waals surface area contributed by atoms with Gasteiger partial charge in [0, 0.05) is 22.8 Å². The van der Waals surface area contributed by atoms with Gasteiger partial charge in [-0.15, -0.1) is 0 Å². The fraction of sp³-hybridized carbons (Fsp3) is 0.294. The minimum atomic E-state index is 0.544. The average Bonchev–Trinajstić information content (AvgIpc) is 2.44. The van der Waals surface area contributed by atoms with Gasteiger partial charge >= 0.3 is 0 Å². The van der Waals surface area contributed by atoms with Gasteiger partial charge in [0.2, 0.25) is 0 Å². The van der Waals surface area contributed by atoms with Crippen molar-refractivity contribution in [2.45, 2.75) is 24.8 Å². The van der Waals surface area contributed by atoms with Crippen LogP contribution in [0.5, 0.6) is 5.75 Å². The minimum absolute atomic E-state index is 0.544. The van der Waals surface area contributed by atoms with Gasteiger partial charge in [-0.2, -0.15) is 0 Å². The first-order valence-corrected chi connectivity index (χ1v) is 7.28. The molecular formula is C17H18ClNO. The number of methoxy groups -OCH3 is 1. The van der Waals surface area contributed by atoms with Crippen LogP contribution in [0, 0.1) is 0 Å². The Morgan fingerprint density at radius 2 is 1.85 bits per heavy atom. The highest BCUT2D eigenvalue weighted by Crippen LogP contribution is 2.39. The lowest BCUT2D eigenvalue weighted by molar-refractivity contribution is 0.374. The number of halogens is 1. The van der Waals surface area contributed by atoms with Crippen molar-refractivity contribution >= 4 is 17.3 Å². The average molecular weight is 288 g/mol. The van der Waals surface area contributed by atoms with E-state index in [4.69, 9.17) is 16.3 Å². The van der Waals surface area contributed by atoms with Crippen LogP contribution in [-0.2, 0) is 0 Å². The van der Waals surface area contributed by atoms with Gasteiger partial charge in [0.25, 0.3) is 0 Å². The number of ether oxygens (including phenoxy) is 1. The van der Waals surface area contributed by atoms with E-state index in [0.717, 1.165) is 16.5 Å². The molecule has 20 heavy (non-hydrogen) atoms. The zero-order valence-electron chi connectivity index (χ0n) is 11.5. The molecule has 0 heterocycles. The lowest BCUT2D eigenvalue weighted by atomic mass is 9.76. The van der Waals surface area contributed by atoms with Gasteiger partial charge in [0.1, 0.15) is 5.75 Å². The van der Waals surface area contributed by atoms with Crippen LogP contribution in [0.3, 0.4) is 0 Å². The second kappa shape index (κ2) is 5.76. The summed E-state index contributed by atoms with van der Waals surface area (Å²) in [5, 5.41) is 4.36. The van der Waals surface area contributed by atoms with Gasteiger partial charge < -0.3 is 10.1 Å². The van der Waals surface area contributed by atoms with Crippen LogP contribution in [0.2, 0.25) is 5.02 Å². The highest BCUT2D eigenvalue weighted by Gasteiger charge is 2.30. The molecule has 3 rings (SSSR count). The molecule has 2 aromatic rings. The molecule has 0 saturated heterocycles. The highest BCUT2D eigenvalue weighted by molar-refractivity contribution is 6.30. The molecule has 0 aliphatic heterocycles. The fourth-order valence-corrected chi connectivity index (χ4v) is 2.82. The predicted octanol–water partition coefficient (Wildman–Crippen LogP) is 4.71. The largest absolute Gasteiger partial charge is 0.497 e. The van der Waals surface area contributed by atoms with Gasteiger partial charge in [-0.25, -0.2) is 0 Å². The Labute approximate surface area is 124 Å². The Kier molecular flexibility index (Phi) is 3.83. The molecule has 1 aliphatic rings. The van der Waals surface area contributed by atoms with E-state index in [9.17, 15) is 0 Å². The molecule has 0 bridgehead atoms. The fourth-order valence-electron chi connectivity index (χ4n) is 2.69. The molecule has 0 radical (unpaired) electrons. The molecule has 1 N–H and O–H groups in total. The van der Waals surface area contributed by atoms with Crippen LogP contribution in [0.4, 0.5) is 5.69 Å². The van der Waals surface area contributed by atoms with Crippen molar-refractivity contribution in [3.63, 3.8) is 0 Å². The van der Waals surface area contributed by atoms with Crippen LogP contribution in [0.25, 0.3) is 0 Å². The summed E-state index contributed by atoms with van der Waals surface area (Å²) in [5.41, 5.74) is 2.52. The van der Waals surface area contributed by atoms with E-state index in [-0.39, 0.29) is 0 Å². The molecule has 0 unspecified atom stereocenters. The van der Waals surface area contributed by atoms with Crippen LogP contribution in [0.1, 0.15) is 24.3 Å². The number of benzene rings is 2. The van der Waals surface area contributed by atoms with Crippen molar-refractivity contribution in [1.82, 2.24) is 0 Å². The van der Waals surface area contributed by atoms with Gasteiger partial charge in [-0.1, -0.05) is 29.8 Å². The van der Waals surface area contributed by atoms with Crippen molar-refractivity contribution in [3.05, 3.63) is 59.1 Å². The van der Waals surface area contributed by atoms with Gasteiger partial charge in [-0.3, -0.25) is 0 Å². The monoisotopic (exact) mass is 287 g/mol. The summed E-state index contributed by atoms with van der Waals surface area (Å²) in [7, 11) is 1.69. The van der Waals surface area contributed by atoms with E-state index in [2.05, 4.69) is 23.5 Å². The Morgan fingerprint density at radius 3 is 2.55 bits per heavy atom. The summed E-state index contributed by atoms with van der Waals surface area (Å²) in [6.45, 7) is 0. The van der Waals surface area contributed by atoms with Gasteiger partial charge in [-0.05, 0) is 48.6 Å². The third-order valence-electron chi connectivity index (χ3n) is 3.92. The molecule has 1 aliphatic carbocycles. The summed E-state index contributed by atoms with van der Waals surface area (Å²) in [5.74, 6) is 1.54. The van der Waals surface area contributed by atoms with Crippen LogP contribution < -0.4 is 10.1 Å². The summed E-state index contributed by atoms with van der Waals surface area (Å²) in [6, 6.07) is 16.8. The summed E-state index contributed by atoms with van der Waals surface area (Å²) >= 11 is 5.92. The molecule has 0 atom stereocenters. The molecule has 0 spiro atoms. The summed E-state index contributed by atoms with van der Waals surface area (Å²) < 4.78 is 5.24. The van der Waals surface area contributed by atoms with E-state index in [1.54, 1.807) is 7.11 Å².